The lowest BCUT2D eigenvalue weighted by molar-refractivity contribution is 0.242. The number of nitrogens with two attached hydrogens (primary N) is 1. The van der Waals surface area contributed by atoms with Crippen molar-refractivity contribution in [1.29, 1.82) is 5.41 Å². The van der Waals surface area contributed by atoms with Crippen LogP contribution < -0.4 is 10.5 Å². The number of halogens is 1. The van der Waals surface area contributed by atoms with Gasteiger partial charge in [0.15, 0.2) is 0 Å². The molecule has 0 amide bonds. The first-order valence-corrected chi connectivity index (χ1v) is 4.69. The summed E-state index contributed by atoms with van der Waals surface area (Å²) in [7, 11) is 0. The Morgan fingerprint density at radius 1 is 1.50 bits per heavy atom. The molecule has 0 heterocycles. The van der Waals surface area contributed by atoms with Crippen molar-refractivity contribution >= 4 is 17.4 Å². The van der Waals surface area contributed by atoms with Gasteiger partial charge in [0, 0.05) is 5.02 Å². The summed E-state index contributed by atoms with van der Waals surface area (Å²) in [5.41, 5.74) is 5.97. The van der Waals surface area contributed by atoms with Gasteiger partial charge in [-0.1, -0.05) is 11.6 Å². The van der Waals surface area contributed by atoms with Gasteiger partial charge in [-0.3, -0.25) is 5.41 Å². The number of hydrogen-bond donors (Lipinski definition) is 2. The summed E-state index contributed by atoms with van der Waals surface area (Å²) >= 11 is 5.81. The van der Waals surface area contributed by atoms with Crippen LogP contribution >= 0.6 is 11.6 Å². The summed E-state index contributed by atoms with van der Waals surface area (Å²) in [6.45, 7) is 3.82. The van der Waals surface area contributed by atoms with Gasteiger partial charge in [0.05, 0.1) is 11.7 Å². The number of nitrogens with one attached hydrogen (secondary N) is 1. The molecular formula is C10H13ClN2O. The Balaban J connectivity index is 3.09. The Labute approximate surface area is 88.3 Å². The molecule has 3 nitrogen and oxygen atoms in total. The highest BCUT2D eigenvalue weighted by Crippen LogP contribution is 2.23. The van der Waals surface area contributed by atoms with Crippen molar-refractivity contribution in [2.24, 2.45) is 5.73 Å². The molecule has 1 rings (SSSR count). The molecule has 4 heteroatoms. The lowest BCUT2D eigenvalue weighted by Gasteiger charge is -2.13. The van der Waals surface area contributed by atoms with Gasteiger partial charge >= 0.3 is 0 Å². The minimum Gasteiger partial charge on any atom is -0.490 e. The average Bonchev–Trinajstić information content (AvgIpc) is 2.01. The maximum absolute atomic E-state index is 7.35. The van der Waals surface area contributed by atoms with Crippen LogP contribution in [0.1, 0.15) is 19.4 Å². The van der Waals surface area contributed by atoms with E-state index < -0.39 is 0 Å². The van der Waals surface area contributed by atoms with Crippen molar-refractivity contribution < 1.29 is 4.74 Å². The van der Waals surface area contributed by atoms with E-state index in [1.54, 1.807) is 18.2 Å². The van der Waals surface area contributed by atoms with Crippen LogP contribution in [0.25, 0.3) is 0 Å². The first-order chi connectivity index (χ1) is 6.50. The van der Waals surface area contributed by atoms with E-state index >= 15 is 0 Å². The highest BCUT2D eigenvalue weighted by Gasteiger charge is 2.08. The number of amidine groups is 1. The largest absolute Gasteiger partial charge is 0.490 e. The summed E-state index contributed by atoms with van der Waals surface area (Å²) in [5.74, 6) is 0.539. The molecule has 0 atom stereocenters. The maximum atomic E-state index is 7.35. The normalized spacial score (nSPS) is 10.3. The molecular weight excluding hydrogens is 200 g/mol. The first-order valence-electron chi connectivity index (χ1n) is 4.31. The van der Waals surface area contributed by atoms with Crippen LogP contribution in [0.2, 0.25) is 5.02 Å². The topological polar surface area (TPSA) is 59.1 Å². The Bertz CT molecular complexity index is 350. The standard InChI is InChI=1S/C10H13ClN2O/c1-6(2)14-9-5-7(11)3-4-8(9)10(12)13/h3-6H,1-2H3,(H3,12,13). The van der Waals surface area contributed by atoms with Gasteiger partial charge < -0.3 is 10.5 Å². The highest BCUT2D eigenvalue weighted by atomic mass is 35.5. The number of hydrogen-bond acceptors (Lipinski definition) is 2. The van der Waals surface area contributed by atoms with E-state index in [9.17, 15) is 0 Å². The second kappa shape index (κ2) is 4.33. The lowest BCUT2D eigenvalue weighted by Crippen LogP contribution is -2.15. The summed E-state index contributed by atoms with van der Waals surface area (Å²) in [5, 5.41) is 7.92. The molecule has 0 fully saturated rings. The van der Waals surface area contributed by atoms with E-state index in [2.05, 4.69) is 0 Å². The van der Waals surface area contributed by atoms with Gasteiger partial charge in [-0.05, 0) is 32.0 Å². The lowest BCUT2D eigenvalue weighted by atomic mass is 10.2. The molecule has 0 bridgehead atoms. The van der Waals surface area contributed by atoms with Gasteiger partial charge in [-0.2, -0.15) is 0 Å². The smallest absolute Gasteiger partial charge is 0.132 e. The van der Waals surface area contributed by atoms with E-state index in [0.717, 1.165) is 0 Å². The second-order valence-electron chi connectivity index (χ2n) is 3.22. The molecule has 1 aromatic rings. The van der Waals surface area contributed by atoms with Crippen LogP contribution in [0, 0.1) is 5.41 Å². The van der Waals surface area contributed by atoms with Crippen molar-refractivity contribution in [3.8, 4) is 5.75 Å². The zero-order valence-electron chi connectivity index (χ0n) is 8.17. The quantitative estimate of drug-likeness (QED) is 0.597. The molecule has 0 aliphatic rings. The third-order valence-electron chi connectivity index (χ3n) is 1.60. The van der Waals surface area contributed by atoms with Crippen molar-refractivity contribution in [3.63, 3.8) is 0 Å². The summed E-state index contributed by atoms with van der Waals surface area (Å²) in [6.07, 6.45) is 0.0339. The van der Waals surface area contributed by atoms with Crippen LogP contribution in [-0.4, -0.2) is 11.9 Å². The van der Waals surface area contributed by atoms with Crippen LogP contribution in [0.3, 0.4) is 0 Å². The van der Waals surface area contributed by atoms with Crippen LogP contribution in [0.5, 0.6) is 5.75 Å². The van der Waals surface area contributed by atoms with Crippen LogP contribution in [0.15, 0.2) is 18.2 Å². The minimum absolute atomic E-state index is 0.0164. The maximum Gasteiger partial charge on any atom is 0.132 e. The molecule has 0 unspecified atom stereocenters. The fourth-order valence-electron chi connectivity index (χ4n) is 1.07. The van der Waals surface area contributed by atoms with Gasteiger partial charge in [-0.25, -0.2) is 0 Å². The van der Waals surface area contributed by atoms with Crippen molar-refractivity contribution in [1.82, 2.24) is 0 Å². The molecule has 0 saturated carbocycles. The zero-order valence-corrected chi connectivity index (χ0v) is 8.93. The molecule has 14 heavy (non-hydrogen) atoms. The van der Waals surface area contributed by atoms with Gasteiger partial charge in [0.25, 0.3) is 0 Å². The Morgan fingerprint density at radius 3 is 2.64 bits per heavy atom. The molecule has 3 N–H and O–H groups in total. The zero-order chi connectivity index (χ0) is 10.7. The average molecular weight is 213 g/mol. The summed E-state index contributed by atoms with van der Waals surface area (Å²) in [6, 6.07) is 5.03. The van der Waals surface area contributed by atoms with Crippen molar-refractivity contribution in [2.75, 3.05) is 0 Å². The molecule has 0 aliphatic heterocycles. The van der Waals surface area contributed by atoms with Crippen molar-refractivity contribution in [3.05, 3.63) is 28.8 Å². The number of ether oxygens (including phenoxy) is 1. The SMILES string of the molecule is CC(C)Oc1cc(Cl)ccc1C(=N)N. The predicted molar refractivity (Wildman–Crippen MR) is 58.2 cm³/mol. The number of nitrogen functional groups attached to an aromatic ring is 1. The molecule has 76 valence electrons. The van der Waals surface area contributed by atoms with E-state index in [-0.39, 0.29) is 11.9 Å². The molecule has 0 aromatic heterocycles. The minimum atomic E-state index is -0.0164. The van der Waals surface area contributed by atoms with E-state index in [0.29, 0.717) is 16.3 Å². The Morgan fingerprint density at radius 2 is 2.14 bits per heavy atom. The molecule has 0 saturated heterocycles. The highest BCUT2D eigenvalue weighted by molar-refractivity contribution is 6.30. The van der Waals surface area contributed by atoms with Crippen molar-refractivity contribution in [2.45, 2.75) is 20.0 Å². The monoisotopic (exact) mass is 212 g/mol. The first kappa shape index (κ1) is 10.9. The summed E-state index contributed by atoms with van der Waals surface area (Å²) in [4.78, 5) is 0. The van der Waals surface area contributed by atoms with Crippen LogP contribution in [-0.2, 0) is 0 Å². The Hall–Kier alpha value is -1.22. The predicted octanol–water partition coefficient (Wildman–Crippen LogP) is 2.41. The van der Waals surface area contributed by atoms with E-state index in [4.69, 9.17) is 27.5 Å². The molecule has 0 radical (unpaired) electrons. The third kappa shape index (κ3) is 2.64. The fourth-order valence-corrected chi connectivity index (χ4v) is 1.23. The molecule has 1 aromatic carbocycles. The fraction of sp³-hybridized carbons (Fsp3) is 0.300. The number of benzene rings is 1. The Kier molecular flexibility index (Phi) is 3.36. The van der Waals surface area contributed by atoms with Gasteiger partial charge in [0.1, 0.15) is 11.6 Å². The number of rotatable bonds is 3. The van der Waals surface area contributed by atoms with Gasteiger partial charge in [0.2, 0.25) is 0 Å². The summed E-state index contributed by atoms with van der Waals surface area (Å²) < 4.78 is 5.48. The van der Waals surface area contributed by atoms with Gasteiger partial charge in [-0.15, -0.1) is 0 Å². The second-order valence-corrected chi connectivity index (χ2v) is 3.66. The molecule has 0 aliphatic carbocycles. The van der Waals surface area contributed by atoms with E-state index in [1.807, 2.05) is 13.8 Å². The third-order valence-corrected chi connectivity index (χ3v) is 1.83. The van der Waals surface area contributed by atoms with Crippen LogP contribution in [0.4, 0.5) is 0 Å². The van der Waals surface area contributed by atoms with E-state index in [1.165, 1.54) is 0 Å². The molecule has 0 spiro atoms.